The number of esters is 1. The largest absolute Gasteiger partial charge is 0.480 e. The van der Waals surface area contributed by atoms with Gasteiger partial charge in [0.25, 0.3) is 5.69 Å². The van der Waals surface area contributed by atoms with E-state index in [4.69, 9.17) is 0 Å². The number of methoxy groups -OCH3 is 1. The van der Waals surface area contributed by atoms with E-state index in [1.165, 1.54) is 26.0 Å². The smallest absolute Gasteiger partial charge is 0.323 e. The van der Waals surface area contributed by atoms with Crippen molar-refractivity contribution in [2.24, 2.45) is 5.41 Å². The maximum absolute atomic E-state index is 11.7. The third-order valence-corrected chi connectivity index (χ3v) is 3.27. The number of ether oxygens (including phenoxy) is 1. The van der Waals surface area contributed by atoms with Gasteiger partial charge in [0.1, 0.15) is 0 Å². The number of carbonyl (C=O) groups excluding carboxylic acids is 1. The van der Waals surface area contributed by atoms with Crippen molar-refractivity contribution in [3.63, 3.8) is 0 Å². The predicted molar refractivity (Wildman–Crippen MR) is 69.3 cm³/mol. The van der Waals surface area contributed by atoms with E-state index in [2.05, 4.69) is 4.74 Å². The minimum atomic E-state index is -1.78. The number of nitrogens with zero attached hydrogens (tertiary/aromatic N) is 1. The Morgan fingerprint density at radius 1 is 1.45 bits per heavy atom. The van der Waals surface area contributed by atoms with Crippen LogP contribution in [0.25, 0.3) is 0 Å². The van der Waals surface area contributed by atoms with E-state index in [9.17, 15) is 24.8 Å². The number of nitro benzene ring substituents is 1. The fourth-order valence-corrected chi connectivity index (χ4v) is 1.90. The zero-order chi connectivity index (χ0) is 15.5. The van der Waals surface area contributed by atoms with Gasteiger partial charge in [-0.2, -0.15) is 0 Å². The molecule has 7 heteroatoms. The van der Waals surface area contributed by atoms with Crippen LogP contribution in [0.4, 0.5) is 5.69 Å². The zero-order valence-electron chi connectivity index (χ0n) is 11.4. The number of benzene rings is 1. The fourth-order valence-electron chi connectivity index (χ4n) is 1.90. The summed E-state index contributed by atoms with van der Waals surface area (Å²) in [5.41, 5.74) is -1.13. The van der Waals surface area contributed by atoms with Gasteiger partial charge in [-0.1, -0.05) is 12.1 Å². The predicted octanol–water partition coefficient (Wildman–Crippen LogP) is 1.71. The van der Waals surface area contributed by atoms with Gasteiger partial charge in [-0.3, -0.25) is 19.7 Å². The van der Waals surface area contributed by atoms with Gasteiger partial charge in [-0.25, -0.2) is 0 Å². The molecule has 1 N–H and O–H groups in total. The number of hydrogen-bond donors (Lipinski definition) is 1. The van der Waals surface area contributed by atoms with E-state index in [-0.39, 0.29) is 12.1 Å². The number of hydrogen-bond acceptors (Lipinski definition) is 5. The first-order valence-electron chi connectivity index (χ1n) is 5.78. The lowest BCUT2D eigenvalue weighted by atomic mass is 9.82. The Kier molecular flexibility index (Phi) is 4.44. The highest BCUT2D eigenvalue weighted by molar-refractivity contribution is 5.99. The highest BCUT2D eigenvalue weighted by atomic mass is 16.6. The summed E-state index contributed by atoms with van der Waals surface area (Å²) in [7, 11) is 1.10. The monoisotopic (exact) mass is 281 g/mol. The first kappa shape index (κ1) is 15.6. The Balaban J connectivity index is 3.26. The summed E-state index contributed by atoms with van der Waals surface area (Å²) in [5, 5.41) is 20.1. The maximum atomic E-state index is 11.7. The van der Waals surface area contributed by atoms with Crippen LogP contribution in [0.15, 0.2) is 18.2 Å². The molecule has 1 atom stereocenters. The Labute approximate surface area is 115 Å². The Bertz CT molecular complexity index is 568. The van der Waals surface area contributed by atoms with Gasteiger partial charge >= 0.3 is 11.9 Å². The third kappa shape index (κ3) is 2.76. The zero-order valence-corrected chi connectivity index (χ0v) is 11.4. The first-order chi connectivity index (χ1) is 9.24. The van der Waals surface area contributed by atoms with Crippen LogP contribution >= 0.6 is 0 Å². The summed E-state index contributed by atoms with van der Waals surface area (Å²) in [4.78, 5) is 33.3. The van der Waals surface area contributed by atoms with Crippen LogP contribution in [0.1, 0.15) is 18.1 Å². The highest BCUT2D eigenvalue weighted by Gasteiger charge is 2.43. The van der Waals surface area contributed by atoms with Crippen LogP contribution in [0.3, 0.4) is 0 Å². The third-order valence-electron chi connectivity index (χ3n) is 3.27. The van der Waals surface area contributed by atoms with Gasteiger partial charge in [0.05, 0.1) is 12.0 Å². The molecule has 0 amide bonds. The lowest BCUT2D eigenvalue weighted by Gasteiger charge is -2.22. The number of carbonyl (C=O) groups is 2. The van der Waals surface area contributed by atoms with Gasteiger partial charge in [0, 0.05) is 11.6 Å². The quantitative estimate of drug-likeness (QED) is 0.381. The molecule has 7 nitrogen and oxygen atoms in total. The van der Waals surface area contributed by atoms with Crippen LogP contribution in [0, 0.1) is 22.5 Å². The Hall–Kier alpha value is -2.44. The molecule has 0 aromatic heterocycles. The summed E-state index contributed by atoms with van der Waals surface area (Å²) in [6.07, 6.45) is -0.178. The SMILES string of the molecule is COC(=O)C(C)(Cc1cccc([N+](=O)[O-])c1C)C(=O)O. The summed E-state index contributed by atoms with van der Waals surface area (Å²) >= 11 is 0. The standard InChI is InChI=1S/C13H15NO6/c1-8-9(5-4-6-10(8)14(18)19)7-13(2,11(15)16)12(17)20-3/h4-6H,7H2,1-3H3,(H,15,16). The van der Waals surface area contributed by atoms with E-state index < -0.39 is 22.3 Å². The fraction of sp³-hybridized carbons (Fsp3) is 0.385. The highest BCUT2D eigenvalue weighted by Crippen LogP contribution is 2.29. The molecular formula is C13H15NO6. The summed E-state index contributed by atoms with van der Waals surface area (Å²) in [6.45, 7) is 2.76. The number of carboxylic acids is 1. The van der Waals surface area contributed by atoms with Crippen LogP contribution in [0.2, 0.25) is 0 Å². The van der Waals surface area contributed by atoms with E-state index in [1.54, 1.807) is 6.07 Å². The lowest BCUT2D eigenvalue weighted by molar-refractivity contribution is -0.385. The van der Waals surface area contributed by atoms with Crippen molar-refractivity contribution in [1.82, 2.24) is 0 Å². The minimum Gasteiger partial charge on any atom is -0.480 e. The van der Waals surface area contributed by atoms with Gasteiger partial charge in [-0.15, -0.1) is 0 Å². The van der Waals surface area contributed by atoms with E-state index >= 15 is 0 Å². The molecule has 0 bridgehead atoms. The van der Waals surface area contributed by atoms with Crippen molar-refractivity contribution in [3.8, 4) is 0 Å². The normalized spacial score (nSPS) is 13.3. The maximum Gasteiger partial charge on any atom is 0.323 e. The molecule has 0 spiro atoms. The molecule has 0 heterocycles. The average molecular weight is 281 g/mol. The average Bonchev–Trinajstić information content (AvgIpc) is 2.39. The molecule has 0 radical (unpaired) electrons. The molecule has 0 aliphatic rings. The van der Waals surface area contributed by atoms with E-state index in [1.807, 2.05) is 0 Å². The van der Waals surface area contributed by atoms with E-state index in [0.29, 0.717) is 11.1 Å². The van der Waals surface area contributed by atoms with E-state index in [0.717, 1.165) is 7.11 Å². The molecule has 0 saturated carbocycles. The number of aliphatic carboxylic acids is 1. The van der Waals surface area contributed by atoms with Crippen molar-refractivity contribution in [3.05, 3.63) is 39.4 Å². The van der Waals surface area contributed by atoms with Crippen molar-refractivity contribution >= 4 is 17.6 Å². The van der Waals surface area contributed by atoms with Gasteiger partial charge in [0.2, 0.25) is 0 Å². The molecule has 108 valence electrons. The molecule has 1 aromatic carbocycles. The number of rotatable bonds is 5. The molecular weight excluding hydrogens is 266 g/mol. The van der Waals surface area contributed by atoms with Crippen molar-refractivity contribution in [1.29, 1.82) is 0 Å². The number of carboxylic acid groups (broad SMARTS) is 1. The second-order valence-electron chi connectivity index (χ2n) is 4.62. The van der Waals surface area contributed by atoms with Crippen molar-refractivity contribution in [2.75, 3.05) is 7.11 Å². The molecule has 1 unspecified atom stereocenters. The van der Waals surface area contributed by atoms with Gasteiger partial charge < -0.3 is 9.84 Å². The molecule has 0 saturated heterocycles. The Morgan fingerprint density at radius 3 is 2.50 bits per heavy atom. The van der Waals surface area contributed by atoms with Crippen LogP contribution < -0.4 is 0 Å². The first-order valence-corrected chi connectivity index (χ1v) is 5.78. The molecule has 0 aliphatic heterocycles. The molecule has 20 heavy (non-hydrogen) atoms. The number of nitro groups is 1. The summed E-state index contributed by atoms with van der Waals surface area (Å²) in [5.74, 6) is -2.23. The van der Waals surface area contributed by atoms with Crippen LogP contribution in [0.5, 0.6) is 0 Å². The Morgan fingerprint density at radius 2 is 2.05 bits per heavy atom. The molecule has 0 aliphatic carbocycles. The molecule has 0 fully saturated rings. The topological polar surface area (TPSA) is 107 Å². The minimum absolute atomic E-state index is 0.111. The summed E-state index contributed by atoms with van der Waals surface area (Å²) < 4.78 is 4.51. The van der Waals surface area contributed by atoms with Crippen molar-refractivity contribution < 1.29 is 24.4 Å². The molecule has 1 aromatic rings. The van der Waals surface area contributed by atoms with Crippen LogP contribution in [-0.2, 0) is 20.7 Å². The molecule has 1 rings (SSSR count). The van der Waals surface area contributed by atoms with Gasteiger partial charge in [0.15, 0.2) is 5.41 Å². The second-order valence-corrected chi connectivity index (χ2v) is 4.62. The van der Waals surface area contributed by atoms with Crippen molar-refractivity contribution in [2.45, 2.75) is 20.3 Å². The lowest BCUT2D eigenvalue weighted by Crippen LogP contribution is -2.39. The second kappa shape index (κ2) is 5.68. The summed E-state index contributed by atoms with van der Waals surface area (Å²) in [6, 6.07) is 4.35. The van der Waals surface area contributed by atoms with Crippen LogP contribution in [-0.4, -0.2) is 29.1 Å². The van der Waals surface area contributed by atoms with Gasteiger partial charge in [-0.05, 0) is 25.8 Å².